The highest BCUT2D eigenvalue weighted by Crippen LogP contribution is 2.34. The highest BCUT2D eigenvalue weighted by Gasteiger charge is 2.23. The standard InChI is InChI=1S/C8H10F2NP/c1-11-7-4-2-6(3-5-7)8(9,10)12/h2-5,11H,12H2,1H3. The fraction of sp³-hybridized carbons (Fsp3) is 0.250. The quantitative estimate of drug-likeness (QED) is 0.705. The molecule has 0 aliphatic heterocycles. The van der Waals surface area contributed by atoms with Gasteiger partial charge in [-0.2, -0.15) is 8.78 Å². The van der Waals surface area contributed by atoms with Crippen molar-refractivity contribution in [1.29, 1.82) is 0 Å². The first-order chi connectivity index (χ1) is 5.54. The Morgan fingerprint density at radius 1 is 1.25 bits per heavy atom. The van der Waals surface area contributed by atoms with Crippen molar-refractivity contribution in [2.45, 2.75) is 5.66 Å². The second kappa shape index (κ2) is 3.36. The van der Waals surface area contributed by atoms with Crippen LogP contribution in [0.3, 0.4) is 0 Å². The van der Waals surface area contributed by atoms with E-state index in [1.807, 2.05) is 0 Å². The molecule has 66 valence electrons. The third-order valence-electron chi connectivity index (χ3n) is 1.56. The van der Waals surface area contributed by atoms with Gasteiger partial charge in [0, 0.05) is 18.3 Å². The number of hydrogen-bond donors (Lipinski definition) is 1. The average molecular weight is 189 g/mol. The van der Waals surface area contributed by atoms with E-state index in [9.17, 15) is 8.78 Å². The Bertz CT molecular complexity index is 253. The Kier molecular flexibility index (Phi) is 2.63. The number of hydrogen-bond acceptors (Lipinski definition) is 1. The largest absolute Gasteiger partial charge is 0.388 e. The molecule has 12 heavy (non-hydrogen) atoms. The van der Waals surface area contributed by atoms with Crippen molar-refractivity contribution in [2.75, 3.05) is 12.4 Å². The molecular formula is C8H10F2NP. The van der Waals surface area contributed by atoms with Crippen LogP contribution in [0.15, 0.2) is 24.3 Å². The summed E-state index contributed by atoms with van der Waals surface area (Å²) in [4.78, 5) is 0. The van der Waals surface area contributed by atoms with Crippen molar-refractivity contribution in [3.05, 3.63) is 29.8 Å². The van der Waals surface area contributed by atoms with E-state index in [0.717, 1.165) is 5.69 Å². The monoisotopic (exact) mass is 189 g/mol. The molecule has 0 fully saturated rings. The molecule has 4 heteroatoms. The number of benzene rings is 1. The molecule has 0 bridgehead atoms. The molecule has 1 aromatic carbocycles. The van der Waals surface area contributed by atoms with Gasteiger partial charge in [0.25, 0.3) is 5.66 Å². The second-order valence-corrected chi connectivity index (χ2v) is 3.18. The van der Waals surface area contributed by atoms with Crippen molar-refractivity contribution in [2.24, 2.45) is 0 Å². The molecule has 1 aromatic rings. The van der Waals surface area contributed by atoms with Crippen LogP contribution in [-0.2, 0) is 5.66 Å². The second-order valence-electron chi connectivity index (χ2n) is 2.45. The van der Waals surface area contributed by atoms with Crippen LogP contribution in [0, 0.1) is 0 Å². The van der Waals surface area contributed by atoms with Crippen LogP contribution in [0.5, 0.6) is 0 Å². The van der Waals surface area contributed by atoms with Crippen LogP contribution in [0.25, 0.3) is 0 Å². The van der Waals surface area contributed by atoms with Gasteiger partial charge in [-0.3, -0.25) is 0 Å². The van der Waals surface area contributed by atoms with E-state index in [2.05, 4.69) is 5.32 Å². The molecule has 1 atom stereocenters. The molecule has 0 aliphatic rings. The molecule has 0 amide bonds. The van der Waals surface area contributed by atoms with Crippen LogP contribution in [0.2, 0.25) is 0 Å². The van der Waals surface area contributed by atoms with E-state index in [0.29, 0.717) is 0 Å². The Balaban J connectivity index is 2.93. The maximum Gasteiger partial charge on any atom is 0.283 e. The van der Waals surface area contributed by atoms with Gasteiger partial charge in [-0.15, -0.1) is 0 Å². The number of anilines is 1. The molecule has 1 rings (SSSR count). The SMILES string of the molecule is CNc1ccc(C(F)(F)P)cc1. The van der Waals surface area contributed by atoms with Gasteiger partial charge in [0.05, 0.1) is 0 Å². The van der Waals surface area contributed by atoms with E-state index in [1.165, 1.54) is 21.4 Å². The lowest BCUT2D eigenvalue weighted by molar-refractivity contribution is 0.104. The molecule has 0 radical (unpaired) electrons. The molecule has 0 heterocycles. The van der Waals surface area contributed by atoms with Gasteiger partial charge < -0.3 is 5.32 Å². The fourth-order valence-electron chi connectivity index (χ4n) is 0.859. The molecule has 0 saturated carbocycles. The number of rotatable bonds is 2. The van der Waals surface area contributed by atoms with Crippen LogP contribution < -0.4 is 5.32 Å². The highest BCUT2D eigenvalue weighted by molar-refractivity contribution is 7.17. The van der Waals surface area contributed by atoms with E-state index >= 15 is 0 Å². The molecule has 1 unspecified atom stereocenters. The lowest BCUT2D eigenvalue weighted by Gasteiger charge is -2.10. The zero-order valence-corrected chi connectivity index (χ0v) is 7.80. The first kappa shape index (κ1) is 9.40. The van der Waals surface area contributed by atoms with Crippen molar-refractivity contribution >= 4 is 14.9 Å². The molecular weight excluding hydrogens is 179 g/mol. The third kappa shape index (κ3) is 2.15. The summed E-state index contributed by atoms with van der Waals surface area (Å²) in [6.07, 6.45) is 0. The van der Waals surface area contributed by atoms with Gasteiger partial charge in [-0.05, 0) is 12.1 Å². The van der Waals surface area contributed by atoms with E-state index in [-0.39, 0.29) is 5.56 Å². The summed E-state index contributed by atoms with van der Waals surface area (Å²) >= 11 is 0. The fourth-order valence-corrected chi connectivity index (χ4v) is 1.05. The average Bonchev–Trinajstić information content (AvgIpc) is 2.03. The van der Waals surface area contributed by atoms with Gasteiger partial charge in [0.15, 0.2) is 0 Å². The summed E-state index contributed by atoms with van der Waals surface area (Å²) in [7, 11) is 3.25. The molecule has 1 nitrogen and oxygen atoms in total. The van der Waals surface area contributed by atoms with E-state index in [4.69, 9.17) is 0 Å². The summed E-state index contributed by atoms with van der Waals surface area (Å²) in [5.41, 5.74) is -1.99. The summed E-state index contributed by atoms with van der Waals surface area (Å²) in [5, 5.41) is 2.85. The Morgan fingerprint density at radius 3 is 2.08 bits per heavy atom. The number of halogens is 2. The van der Waals surface area contributed by atoms with Crippen molar-refractivity contribution in [3.8, 4) is 0 Å². The summed E-state index contributed by atoms with van der Waals surface area (Å²) in [5.74, 6) is 0. The summed E-state index contributed by atoms with van der Waals surface area (Å²) in [6.45, 7) is 0. The zero-order chi connectivity index (χ0) is 9.19. The van der Waals surface area contributed by atoms with Gasteiger partial charge in [0.2, 0.25) is 0 Å². The minimum absolute atomic E-state index is 0.00602. The number of nitrogens with one attached hydrogen (secondary N) is 1. The van der Waals surface area contributed by atoms with E-state index < -0.39 is 5.66 Å². The predicted octanol–water partition coefficient (Wildman–Crippen LogP) is 2.65. The lowest BCUT2D eigenvalue weighted by atomic mass is 10.2. The van der Waals surface area contributed by atoms with Gasteiger partial charge in [-0.1, -0.05) is 21.4 Å². The van der Waals surface area contributed by atoms with Crippen LogP contribution in [0.1, 0.15) is 5.56 Å². The minimum Gasteiger partial charge on any atom is -0.388 e. The zero-order valence-electron chi connectivity index (χ0n) is 6.64. The van der Waals surface area contributed by atoms with Crippen molar-refractivity contribution in [3.63, 3.8) is 0 Å². The first-order valence-electron chi connectivity index (χ1n) is 3.49. The van der Waals surface area contributed by atoms with Crippen LogP contribution in [0.4, 0.5) is 14.5 Å². The Morgan fingerprint density at radius 2 is 1.75 bits per heavy atom. The van der Waals surface area contributed by atoms with Crippen LogP contribution in [-0.4, -0.2) is 7.05 Å². The molecule has 0 aromatic heterocycles. The van der Waals surface area contributed by atoms with Crippen molar-refractivity contribution < 1.29 is 8.78 Å². The predicted molar refractivity (Wildman–Crippen MR) is 49.6 cm³/mol. The summed E-state index contributed by atoms with van der Waals surface area (Å²) in [6, 6.07) is 6.04. The van der Waals surface area contributed by atoms with Gasteiger partial charge in [-0.25, -0.2) is 0 Å². The molecule has 0 saturated heterocycles. The topological polar surface area (TPSA) is 12.0 Å². The van der Waals surface area contributed by atoms with Crippen LogP contribution >= 0.6 is 9.24 Å². The normalized spacial score (nSPS) is 11.3. The first-order valence-corrected chi connectivity index (χ1v) is 4.07. The Hall–Kier alpha value is -0.690. The van der Waals surface area contributed by atoms with Crippen molar-refractivity contribution in [1.82, 2.24) is 0 Å². The van der Waals surface area contributed by atoms with Gasteiger partial charge in [0.1, 0.15) is 0 Å². The van der Waals surface area contributed by atoms with Gasteiger partial charge >= 0.3 is 0 Å². The highest BCUT2D eigenvalue weighted by atomic mass is 31.0. The molecule has 0 spiro atoms. The minimum atomic E-state index is -2.83. The Labute approximate surface area is 72.4 Å². The smallest absolute Gasteiger partial charge is 0.283 e. The molecule has 0 aliphatic carbocycles. The number of alkyl halides is 2. The lowest BCUT2D eigenvalue weighted by Crippen LogP contribution is -2.01. The molecule has 1 N–H and O–H groups in total. The maximum absolute atomic E-state index is 12.6. The maximum atomic E-state index is 12.6. The van der Waals surface area contributed by atoms with E-state index in [1.54, 1.807) is 19.2 Å². The summed E-state index contributed by atoms with van der Waals surface area (Å²) < 4.78 is 25.3. The third-order valence-corrected chi connectivity index (χ3v) is 1.89.